The van der Waals surface area contributed by atoms with Crippen LogP contribution < -0.4 is 0 Å². The second kappa shape index (κ2) is 5.75. The number of hydrogen-bond donors (Lipinski definition) is 0. The lowest BCUT2D eigenvalue weighted by atomic mass is 10.1. The first kappa shape index (κ1) is 11.3. The van der Waals surface area contributed by atoms with E-state index in [1.54, 1.807) is 6.33 Å². The van der Waals surface area contributed by atoms with Gasteiger partial charge in [-0.2, -0.15) is 0 Å². The Balaban J connectivity index is 1.92. The summed E-state index contributed by atoms with van der Waals surface area (Å²) in [7, 11) is 0. The molecule has 0 bridgehead atoms. The van der Waals surface area contributed by atoms with Gasteiger partial charge in [0.2, 0.25) is 0 Å². The summed E-state index contributed by atoms with van der Waals surface area (Å²) >= 11 is 3.70. The Morgan fingerprint density at radius 3 is 2.44 bits per heavy atom. The average molecular weight is 277 g/mol. The molecule has 1 atom stereocenters. The number of alkyl halides is 1. The summed E-state index contributed by atoms with van der Waals surface area (Å²) in [4.78, 5) is 8.42. The molecule has 2 nitrogen and oxygen atoms in total. The molecule has 0 spiro atoms. The van der Waals surface area contributed by atoms with E-state index in [1.165, 1.54) is 11.1 Å². The Kier molecular flexibility index (Phi) is 4.05. The second-order valence-corrected chi connectivity index (χ2v) is 4.77. The third kappa shape index (κ3) is 3.14. The van der Waals surface area contributed by atoms with E-state index >= 15 is 0 Å². The van der Waals surface area contributed by atoms with Gasteiger partial charge in [0.25, 0.3) is 0 Å². The average Bonchev–Trinajstić information content (AvgIpc) is 2.38. The Morgan fingerprint density at radius 2 is 1.75 bits per heavy atom. The summed E-state index contributed by atoms with van der Waals surface area (Å²) in [5, 5.41) is 0. The summed E-state index contributed by atoms with van der Waals surface area (Å²) < 4.78 is 0. The van der Waals surface area contributed by atoms with Gasteiger partial charge in [-0.05, 0) is 24.0 Å². The zero-order valence-electron chi connectivity index (χ0n) is 8.88. The molecule has 0 fully saturated rings. The Bertz CT molecular complexity index is 416. The van der Waals surface area contributed by atoms with Crippen LogP contribution in [0.3, 0.4) is 0 Å². The topological polar surface area (TPSA) is 25.8 Å². The Hall–Kier alpha value is -1.22. The molecule has 0 aliphatic heterocycles. The summed E-state index contributed by atoms with van der Waals surface area (Å²) in [5.41, 5.74) is 2.50. The van der Waals surface area contributed by atoms with E-state index in [-0.39, 0.29) is 0 Å². The van der Waals surface area contributed by atoms with E-state index < -0.39 is 0 Å². The molecule has 2 rings (SSSR count). The molecule has 0 aliphatic carbocycles. The predicted molar refractivity (Wildman–Crippen MR) is 68.5 cm³/mol. The zero-order chi connectivity index (χ0) is 11.2. The fraction of sp³-hybridized carbons (Fsp3) is 0.231. The minimum atomic E-state index is 0.397. The maximum Gasteiger partial charge on any atom is 0.115 e. The van der Waals surface area contributed by atoms with Crippen LogP contribution in [0.2, 0.25) is 0 Å². The molecule has 0 amide bonds. The third-order valence-corrected chi connectivity index (χ3v) is 3.45. The van der Waals surface area contributed by atoms with Crippen molar-refractivity contribution in [3.63, 3.8) is 0 Å². The van der Waals surface area contributed by atoms with Gasteiger partial charge in [-0.15, -0.1) is 0 Å². The number of rotatable bonds is 4. The van der Waals surface area contributed by atoms with Gasteiger partial charge < -0.3 is 0 Å². The number of hydrogen-bond acceptors (Lipinski definition) is 2. The van der Waals surface area contributed by atoms with Gasteiger partial charge in [-0.3, -0.25) is 0 Å². The van der Waals surface area contributed by atoms with E-state index in [4.69, 9.17) is 0 Å². The molecule has 1 unspecified atom stereocenters. The van der Waals surface area contributed by atoms with E-state index in [9.17, 15) is 0 Å². The first-order valence-electron chi connectivity index (χ1n) is 5.29. The highest BCUT2D eigenvalue weighted by atomic mass is 79.9. The molecule has 1 heterocycles. The second-order valence-electron chi connectivity index (χ2n) is 3.66. The molecule has 0 radical (unpaired) electrons. The standard InChI is InChI=1S/C13H13BrN2/c14-13(12-4-2-1-3-5-12)7-6-11-8-15-10-16-9-11/h1-5,8-10,13H,6-7H2. The molecule has 0 saturated heterocycles. The molecule has 0 N–H and O–H groups in total. The summed E-state index contributed by atoms with van der Waals surface area (Å²) in [6.45, 7) is 0. The molecule has 2 aromatic rings. The number of benzene rings is 1. The molecule has 1 aromatic heterocycles. The number of aromatic nitrogens is 2. The van der Waals surface area contributed by atoms with E-state index in [2.05, 4.69) is 50.2 Å². The molecule has 0 aliphatic rings. The van der Waals surface area contributed by atoms with Crippen molar-refractivity contribution in [1.82, 2.24) is 9.97 Å². The van der Waals surface area contributed by atoms with Crippen molar-refractivity contribution in [2.24, 2.45) is 0 Å². The van der Waals surface area contributed by atoms with Crippen molar-refractivity contribution in [2.45, 2.75) is 17.7 Å². The van der Waals surface area contributed by atoms with Crippen LogP contribution in [-0.4, -0.2) is 9.97 Å². The lowest BCUT2D eigenvalue weighted by molar-refractivity contribution is 0.805. The van der Waals surface area contributed by atoms with E-state index in [1.807, 2.05) is 18.5 Å². The maximum absolute atomic E-state index is 4.01. The van der Waals surface area contributed by atoms with Crippen LogP contribution in [0.25, 0.3) is 0 Å². The molecule has 16 heavy (non-hydrogen) atoms. The molecular formula is C13H13BrN2. The van der Waals surface area contributed by atoms with Crippen molar-refractivity contribution in [2.75, 3.05) is 0 Å². The van der Waals surface area contributed by atoms with Gasteiger partial charge in [0.1, 0.15) is 6.33 Å². The van der Waals surface area contributed by atoms with Crippen molar-refractivity contribution < 1.29 is 0 Å². The minimum Gasteiger partial charge on any atom is -0.245 e. The monoisotopic (exact) mass is 276 g/mol. The van der Waals surface area contributed by atoms with Crippen LogP contribution in [0.15, 0.2) is 49.1 Å². The summed E-state index contributed by atoms with van der Waals surface area (Å²) in [6.07, 6.45) is 7.35. The lowest BCUT2D eigenvalue weighted by Crippen LogP contribution is -1.94. The quantitative estimate of drug-likeness (QED) is 0.799. The van der Waals surface area contributed by atoms with Gasteiger partial charge in [0.05, 0.1) is 0 Å². The summed E-state index contributed by atoms with van der Waals surface area (Å²) in [6, 6.07) is 10.4. The minimum absolute atomic E-state index is 0.397. The number of aryl methyl sites for hydroxylation is 1. The molecule has 1 aromatic carbocycles. The van der Waals surface area contributed by atoms with Gasteiger partial charge >= 0.3 is 0 Å². The van der Waals surface area contributed by atoms with Crippen LogP contribution in [0.4, 0.5) is 0 Å². The van der Waals surface area contributed by atoms with Crippen LogP contribution >= 0.6 is 15.9 Å². The van der Waals surface area contributed by atoms with Crippen molar-refractivity contribution in [3.8, 4) is 0 Å². The molecule has 3 heteroatoms. The molecule has 0 saturated carbocycles. The van der Waals surface area contributed by atoms with Crippen molar-refractivity contribution in [1.29, 1.82) is 0 Å². The zero-order valence-corrected chi connectivity index (χ0v) is 10.5. The Morgan fingerprint density at radius 1 is 1.06 bits per heavy atom. The number of nitrogens with zero attached hydrogens (tertiary/aromatic N) is 2. The van der Waals surface area contributed by atoms with Crippen LogP contribution in [0.1, 0.15) is 22.4 Å². The van der Waals surface area contributed by atoms with Crippen LogP contribution in [0.5, 0.6) is 0 Å². The fourth-order valence-electron chi connectivity index (χ4n) is 1.58. The van der Waals surface area contributed by atoms with Gasteiger partial charge in [-0.25, -0.2) is 9.97 Å². The largest absolute Gasteiger partial charge is 0.245 e. The van der Waals surface area contributed by atoms with Crippen molar-refractivity contribution in [3.05, 3.63) is 60.2 Å². The normalized spacial score (nSPS) is 12.3. The smallest absolute Gasteiger partial charge is 0.115 e. The predicted octanol–water partition coefficient (Wildman–Crippen LogP) is 3.55. The maximum atomic E-state index is 4.01. The van der Waals surface area contributed by atoms with Crippen LogP contribution in [-0.2, 0) is 6.42 Å². The molecule has 82 valence electrons. The SMILES string of the molecule is BrC(CCc1cncnc1)c1ccccc1. The fourth-order valence-corrected chi connectivity index (χ4v) is 2.12. The highest BCUT2D eigenvalue weighted by Crippen LogP contribution is 2.27. The Labute approximate surface area is 104 Å². The number of halogens is 1. The van der Waals surface area contributed by atoms with E-state index in [0.29, 0.717) is 4.83 Å². The highest BCUT2D eigenvalue weighted by molar-refractivity contribution is 9.09. The highest BCUT2D eigenvalue weighted by Gasteiger charge is 2.06. The first-order valence-corrected chi connectivity index (χ1v) is 6.21. The van der Waals surface area contributed by atoms with Crippen molar-refractivity contribution >= 4 is 15.9 Å². The third-order valence-electron chi connectivity index (χ3n) is 2.46. The first-order chi connectivity index (χ1) is 7.86. The van der Waals surface area contributed by atoms with Gasteiger partial charge in [-0.1, -0.05) is 46.3 Å². The van der Waals surface area contributed by atoms with Gasteiger partial charge in [0.15, 0.2) is 0 Å². The van der Waals surface area contributed by atoms with Crippen LogP contribution in [0, 0.1) is 0 Å². The lowest BCUT2D eigenvalue weighted by Gasteiger charge is -2.09. The summed E-state index contributed by atoms with van der Waals surface area (Å²) in [5.74, 6) is 0. The van der Waals surface area contributed by atoms with Gasteiger partial charge in [0, 0.05) is 17.2 Å². The van der Waals surface area contributed by atoms with E-state index in [0.717, 1.165) is 12.8 Å². The molecular weight excluding hydrogens is 264 g/mol.